The summed E-state index contributed by atoms with van der Waals surface area (Å²) in [5.74, 6) is -0.0144. The molecule has 1 aromatic carbocycles. The molecule has 1 N–H and O–H groups in total. The van der Waals surface area contributed by atoms with E-state index in [2.05, 4.69) is 51.5 Å². The molecule has 3 heterocycles. The van der Waals surface area contributed by atoms with Crippen molar-refractivity contribution in [3.63, 3.8) is 0 Å². The molecule has 5 rings (SSSR count). The zero-order valence-electron chi connectivity index (χ0n) is 17.2. The molecule has 0 bridgehead atoms. The lowest BCUT2D eigenvalue weighted by atomic mass is 9.98. The van der Waals surface area contributed by atoms with Gasteiger partial charge in [-0.05, 0) is 30.5 Å². The molecule has 2 aromatic rings. The van der Waals surface area contributed by atoms with Gasteiger partial charge in [0.15, 0.2) is 0 Å². The van der Waals surface area contributed by atoms with Crippen LogP contribution in [0, 0.1) is 0 Å². The zero-order valence-corrected chi connectivity index (χ0v) is 18.0. The molecule has 1 saturated carbocycles. The number of benzene rings is 1. The molecule has 7 heteroatoms. The standard InChI is InChI=1S/C23H28N4O2S/c28-21-23(10-4-5-11-23)24-22(29)27(21)17-26-14-12-25(13-15-26)16-19-8-9-20(30-19)18-6-2-1-3-7-18/h1-3,6-9H,4-5,10-17H2,(H,24,29). The topological polar surface area (TPSA) is 55.9 Å². The molecule has 1 aromatic heterocycles. The fourth-order valence-electron chi connectivity index (χ4n) is 4.85. The van der Waals surface area contributed by atoms with Crippen molar-refractivity contribution in [3.8, 4) is 10.4 Å². The minimum Gasteiger partial charge on any atom is -0.323 e. The fraction of sp³-hybridized carbons (Fsp3) is 0.478. The summed E-state index contributed by atoms with van der Waals surface area (Å²) in [5, 5.41) is 2.98. The van der Waals surface area contributed by atoms with Crippen LogP contribution in [0.1, 0.15) is 30.6 Å². The van der Waals surface area contributed by atoms with E-state index in [1.54, 1.807) is 0 Å². The Labute approximate surface area is 181 Å². The van der Waals surface area contributed by atoms with E-state index in [1.165, 1.54) is 20.2 Å². The first-order valence-electron chi connectivity index (χ1n) is 10.9. The molecule has 3 amide bonds. The third-order valence-corrected chi connectivity index (χ3v) is 7.73. The molecule has 1 aliphatic carbocycles. The second kappa shape index (κ2) is 8.13. The Hall–Kier alpha value is -2.22. The van der Waals surface area contributed by atoms with Gasteiger partial charge >= 0.3 is 6.03 Å². The molecular weight excluding hydrogens is 396 g/mol. The van der Waals surface area contributed by atoms with E-state index in [0.717, 1.165) is 58.4 Å². The normalized spacial score (nSPS) is 22.2. The van der Waals surface area contributed by atoms with E-state index in [0.29, 0.717) is 6.67 Å². The third-order valence-electron chi connectivity index (χ3n) is 6.61. The van der Waals surface area contributed by atoms with Crippen LogP contribution in [0.2, 0.25) is 0 Å². The first kappa shape index (κ1) is 19.7. The lowest BCUT2D eigenvalue weighted by Crippen LogP contribution is -2.51. The average molecular weight is 425 g/mol. The molecule has 2 aliphatic heterocycles. The minimum absolute atomic E-state index is 0.0144. The Morgan fingerprint density at radius 2 is 1.60 bits per heavy atom. The molecule has 3 aliphatic rings. The molecular formula is C23H28N4O2S. The first-order chi connectivity index (χ1) is 14.6. The largest absolute Gasteiger partial charge is 0.326 e. The minimum atomic E-state index is -0.603. The van der Waals surface area contributed by atoms with Crippen LogP contribution < -0.4 is 5.32 Å². The fourth-order valence-corrected chi connectivity index (χ4v) is 5.91. The van der Waals surface area contributed by atoms with Gasteiger partial charge in [0.25, 0.3) is 5.91 Å². The second-order valence-corrected chi connectivity index (χ2v) is 9.79. The van der Waals surface area contributed by atoms with Crippen LogP contribution in [0.4, 0.5) is 4.79 Å². The Morgan fingerprint density at radius 3 is 2.33 bits per heavy atom. The predicted octanol–water partition coefficient (Wildman–Crippen LogP) is 3.35. The number of nitrogens with one attached hydrogen (secondary N) is 1. The van der Waals surface area contributed by atoms with Crippen LogP contribution in [-0.4, -0.2) is 65.0 Å². The summed E-state index contributed by atoms with van der Waals surface area (Å²) < 4.78 is 0. The summed E-state index contributed by atoms with van der Waals surface area (Å²) in [6, 6.07) is 14.7. The van der Waals surface area contributed by atoms with Crippen molar-refractivity contribution < 1.29 is 9.59 Å². The van der Waals surface area contributed by atoms with Gasteiger partial charge in [-0.1, -0.05) is 43.2 Å². The SMILES string of the molecule is O=C1NC2(CCCC2)C(=O)N1CN1CCN(Cc2ccc(-c3ccccc3)s2)CC1. The number of nitrogens with zero attached hydrogens (tertiary/aromatic N) is 3. The zero-order chi connectivity index (χ0) is 20.6. The summed E-state index contributed by atoms with van der Waals surface area (Å²) in [6.07, 6.45) is 3.61. The molecule has 1 spiro atoms. The summed E-state index contributed by atoms with van der Waals surface area (Å²) in [7, 11) is 0. The van der Waals surface area contributed by atoms with Crippen LogP contribution in [0.3, 0.4) is 0 Å². The van der Waals surface area contributed by atoms with Crippen LogP contribution in [-0.2, 0) is 11.3 Å². The van der Waals surface area contributed by atoms with Crippen LogP contribution in [0.5, 0.6) is 0 Å². The average Bonchev–Trinajstić information content (AvgIpc) is 3.48. The number of piperazine rings is 1. The number of imide groups is 1. The van der Waals surface area contributed by atoms with Crippen LogP contribution in [0.15, 0.2) is 42.5 Å². The monoisotopic (exact) mass is 424 g/mol. The van der Waals surface area contributed by atoms with E-state index in [4.69, 9.17) is 0 Å². The number of hydrogen-bond donors (Lipinski definition) is 1. The number of carbonyl (C=O) groups excluding carboxylic acids is 2. The molecule has 30 heavy (non-hydrogen) atoms. The van der Waals surface area contributed by atoms with Crippen molar-refractivity contribution in [1.82, 2.24) is 20.0 Å². The first-order valence-corrected chi connectivity index (χ1v) is 11.7. The van der Waals surface area contributed by atoms with Gasteiger partial charge < -0.3 is 5.32 Å². The Morgan fingerprint density at radius 1 is 0.900 bits per heavy atom. The highest BCUT2D eigenvalue weighted by molar-refractivity contribution is 7.15. The molecule has 3 fully saturated rings. The highest BCUT2D eigenvalue weighted by Crippen LogP contribution is 2.35. The predicted molar refractivity (Wildman–Crippen MR) is 118 cm³/mol. The number of carbonyl (C=O) groups is 2. The van der Waals surface area contributed by atoms with Gasteiger partial charge in [-0.15, -0.1) is 11.3 Å². The van der Waals surface area contributed by atoms with Crippen molar-refractivity contribution in [3.05, 3.63) is 47.3 Å². The quantitative estimate of drug-likeness (QED) is 0.748. The molecule has 0 atom stereocenters. The van der Waals surface area contributed by atoms with E-state index in [-0.39, 0.29) is 11.9 Å². The van der Waals surface area contributed by atoms with Gasteiger partial charge in [-0.3, -0.25) is 14.6 Å². The van der Waals surface area contributed by atoms with Crippen LogP contribution in [0.25, 0.3) is 10.4 Å². The van der Waals surface area contributed by atoms with Gasteiger partial charge in [0.2, 0.25) is 0 Å². The lowest BCUT2D eigenvalue weighted by Gasteiger charge is -2.35. The maximum atomic E-state index is 12.8. The molecule has 2 saturated heterocycles. The second-order valence-electron chi connectivity index (χ2n) is 8.62. The summed E-state index contributed by atoms with van der Waals surface area (Å²) in [5.41, 5.74) is 0.668. The Bertz CT molecular complexity index is 914. The lowest BCUT2D eigenvalue weighted by molar-refractivity contribution is -0.132. The van der Waals surface area contributed by atoms with Crippen molar-refractivity contribution in [2.24, 2.45) is 0 Å². The van der Waals surface area contributed by atoms with Crippen molar-refractivity contribution in [1.29, 1.82) is 0 Å². The molecule has 0 radical (unpaired) electrons. The van der Waals surface area contributed by atoms with Gasteiger partial charge in [0.05, 0.1) is 6.67 Å². The van der Waals surface area contributed by atoms with Gasteiger partial charge in [0.1, 0.15) is 5.54 Å². The summed E-state index contributed by atoms with van der Waals surface area (Å²) in [6.45, 7) is 5.03. The maximum absolute atomic E-state index is 12.8. The van der Waals surface area contributed by atoms with E-state index >= 15 is 0 Å². The van der Waals surface area contributed by atoms with E-state index in [1.807, 2.05) is 17.4 Å². The Balaban J connectivity index is 1.13. The van der Waals surface area contributed by atoms with E-state index in [9.17, 15) is 9.59 Å². The highest BCUT2D eigenvalue weighted by atomic mass is 32.1. The van der Waals surface area contributed by atoms with Gasteiger partial charge in [0, 0.05) is 42.5 Å². The summed E-state index contributed by atoms with van der Waals surface area (Å²) in [4.78, 5) is 34.1. The van der Waals surface area contributed by atoms with Crippen LogP contribution >= 0.6 is 11.3 Å². The maximum Gasteiger partial charge on any atom is 0.326 e. The molecule has 6 nitrogen and oxygen atoms in total. The number of amides is 3. The van der Waals surface area contributed by atoms with Gasteiger partial charge in [-0.2, -0.15) is 0 Å². The number of urea groups is 1. The number of rotatable bonds is 5. The van der Waals surface area contributed by atoms with Crippen molar-refractivity contribution in [2.75, 3.05) is 32.8 Å². The molecule has 158 valence electrons. The smallest absolute Gasteiger partial charge is 0.323 e. The van der Waals surface area contributed by atoms with Crippen molar-refractivity contribution in [2.45, 2.75) is 37.8 Å². The highest BCUT2D eigenvalue weighted by Gasteiger charge is 2.52. The number of hydrogen-bond acceptors (Lipinski definition) is 5. The molecule has 0 unspecified atom stereocenters. The third kappa shape index (κ3) is 3.77. The summed E-state index contributed by atoms with van der Waals surface area (Å²) >= 11 is 1.86. The Kier molecular flexibility index (Phi) is 5.35. The van der Waals surface area contributed by atoms with Crippen molar-refractivity contribution >= 4 is 23.3 Å². The number of thiophene rings is 1. The van der Waals surface area contributed by atoms with E-state index < -0.39 is 5.54 Å². The van der Waals surface area contributed by atoms with Gasteiger partial charge in [-0.25, -0.2) is 9.69 Å².